The van der Waals surface area contributed by atoms with E-state index in [2.05, 4.69) is 64.6 Å². The summed E-state index contributed by atoms with van der Waals surface area (Å²) in [6.45, 7) is 0. The third kappa shape index (κ3) is 1.56. The van der Waals surface area contributed by atoms with Gasteiger partial charge in [-0.1, -0.05) is 52.6 Å². The lowest BCUT2D eigenvalue weighted by Gasteiger charge is -2.12. The fourth-order valence-electron chi connectivity index (χ4n) is 1.94. The number of nitrogens with zero attached hydrogens (tertiary/aromatic N) is 1. The van der Waals surface area contributed by atoms with Gasteiger partial charge in [0.1, 0.15) is 0 Å². The van der Waals surface area contributed by atoms with Crippen molar-refractivity contribution >= 4 is 43.7 Å². The van der Waals surface area contributed by atoms with Crippen LogP contribution in [0.3, 0.4) is 0 Å². The minimum atomic E-state index is -0.653. The van der Waals surface area contributed by atoms with Gasteiger partial charge in [0.05, 0.1) is 0 Å². The average Bonchev–Trinajstić information content (AvgIpc) is 2.75. The molecule has 0 bridgehead atoms. The summed E-state index contributed by atoms with van der Waals surface area (Å²) in [5.41, 5.74) is 1.26. The van der Waals surface area contributed by atoms with Crippen molar-refractivity contribution in [3.8, 4) is 0 Å². The third-order valence-corrected chi connectivity index (χ3v) is 4.82. The molecule has 1 atom stereocenters. The van der Waals surface area contributed by atoms with Crippen LogP contribution in [0.15, 0.2) is 52.9 Å². The second kappa shape index (κ2) is 4.00. The van der Waals surface area contributed by atoms with Crippen molar-refractivity contribution in [1.82, 2.24) is 0 Å². The van der Waals surface area contributed by atoms with Crippen LogP contribution in [0.5, 0.6) is 0 Å². The van der Waals surface area contributed by atoms with Crippen LogP contribution in [0.4, 0.5) is 0 Å². The molecule has 1 aliphatic rings. The first kappa shape index (κ1) is 10.00. The zero-order chi connectivity index (χ0) is 11.0. The minimum Gasteiger partial charge on any atom is -0.235 e. The Morgan fingerprint density at radius 3 is 2.62 bits per heavy atom. The molecule has 0 N–H and O–H groups in total. The lowest BCUT2D eigenvalue weighted by molar-refractivity contribution is 1.71. The van der Waals surface area contributed by atoms with Crippen molar-refractivity contribution in [1.29, 1.82) is 0 Å². The number of rotatable bonds is 1. The van der Waals surface area contributed by atoms with Crippen molar-refractivity contribution < 1.29 is 0 Å². The summed E-state index contributed by atoms with van der Waals surface area (Å²) in [4.78, 5) is 1.25. The van der Waals surface area contributed by atoms with Crippen LogP contribution in [-0.4, -0.2) is 6.21 Å². The lowest BCUT2D eigenvalue weighted by Crippen LogP contribution is -1.83. The molecule has 2 aromatic rings. The fraction of sp³-hybridized carbons (Fsp3) is 0. The first-order valence-electron chi connectivity index (χ1n) is 5.08. The van der Waals surface area contributed by atoms with Crippen LogP contribution in [-0.2, 0) is 0 Å². The van der Waals surface area contributed by atoms with Crippen LogP contribution in [0, 0.1) is 0 Å². The first-order chi connectivity index (χ1) is 7.86. The summed E-state index contributed by atoms with van der Waals surface area (Å²) in [5.74, 6) is 0. The predicted octanol–water partition coefficient (Wildman–Crippen LogP) is 4.03. The molecule has 0 fully saturated rings. The molecule has 80 valence electrons. The molecular formula is C13H11NS2. The second-order valence-electron chi connectivity index (χ2n) is 3.63. The largest absolute Gasteiger partial charge is 0.235 e. The molecule has 3 rings (SSSR count). The van der Waals surface area contributed by atoms with Gasteiger partial charge in [0.15, 0.2) is 0 Å². The van der Waals surface area contributed by atoms with E-state index in [1.54, 1.807) is 0 Å². The molecule has 1 nitrogen and oxygen atoms in total. The van der Waals surface area contributed by atoms with E-state index in [0.29, 0.717) is 0 Å². The highest BCUT2D eigenvalue weighted by molar-refractivity contribution is 8.81. The lowest BCUT2D eigenvalue weighted by atomic mass is 10.0. The van der Waals surface area contributed by atoms with Gasteiger partial charge in [-0.25, -0.2) is 4.40 Å². The molecule has 1 aliphatic heterocycles. The van der Waals surface area contributed by atoms with E-state index in [9.17, 15) is 0 Å². The standard InChI is InChI=1S/C13H11NS2/c15-16-13(8-9-14-16)12-7-3-5-10-4-1-2-6-11(10)12/h1-9,15-16H. The number of thiol groups is 2. The second-order valence-corrected chi connectivity index (χ2v) is 6.06. The van der Waals surface area contributed by atoms with Gasteiger partial charge in [-0.2, -0.15) is 0 Å². The van der Waals surface area contributed by atoms with Gasteiger partial charge < -0.3 is 0 Å². The molecule has 0 spiro atoms. The summed E-state index contributed by atoms with van der Waals surface area (Å²) in [6, 6.07) is 14.8. The van der Waals surface area contributed by atoms with Crippen LogP contribution in [0.25, 0.3) is 15.7 Å². The van der Waals surface area contributed by atoms with Crippen molar-refractivity contribution in [3.05, 3.63) is 54.1 Å². The summed E-state index contributed by atoms with van der Waals surface area (Å²) >= 11 is 4.52. The molecule has 2 aromatic carbocycles. The van der Waals surface area contributed by atoms with Crippen LogP contribution in [0.2, 0.25) is 0 Å². The normalized spacial score (nSPS) is 21.3. The zero-order valence-electron chi connectivity index (χ0n) is 8.54. The topological polar surface area (TPSA) is 12.4 Å². The van der Waals surface area contributed by atoms with E-state index in [1.807, 2.05) is 6.21 Å². The van der Waals surface area contributed by atoms with Gasteiger partial charge in [0.2, 0.25) is 0 Å². The van der Waals surface area contributed by atoms with Crippen LogP contribution in [0.1, 0.15) is 5.56 Å². The number of allylic oxidation sites excluding steroid dienone is 1. The molecule has 0 saturated heterocycles. The van der Waals surface area contributed by atoms with Crippen LogP contribution < -0.4 is 0 Å². The van der Waals surface area contributed by atoms with Gasteiger partial charge in [0.25, 0.3) is 0 Å². The Kier molecular flexibility index (Phi) is 2.50. The minimum absolute atomic E-state index is 0.653. The number of fused-ring (bicyclic) bond motifs is 1. The molecule has 0 saturated carbocycles. The summed E-state index contributed by atoms with van der Waals surface area (Å²) in [7, 11) is -0.653. The van der Waals surface area contributed by atoms with E-state index in [0.717, 1.165) is 0 Å². The molecule has 1 unspecified atom stereocenters. The third-order valence-electron chi connectivity index (χ3n) is 2.69. The smallest absolute Gasteiger partial charge is 0.0354 e. The van der Waals surface area contributed by atoms with E-state index in [4.69, 9.17) is 0 Å². The van der Waals surface area contributed by atoms with Crippen molar-refractivity contribution in [2.45, 2.75) is 0 Å². The van der Waals surface area contributed by atoms with Gasteiger partial charge in [0, 0.05) is 11.1 Å². The number of hydrogen-bond acceptors (Lipinski definition) is 2. The molecule has 0 radical (unpaired) electrons. The summed E-state index contributed by atoms with van der Waals surface area (Å²) in [6.07, 6.45) is 3.93. The van der Waals surface area contributed by atoms with Crippen molar-refractivity contribution in [2.24, 2.45) is 4.40 Å². The van der Waals surface area contributed by atoms with Gasteiger partial charge in [-0.15, -0.1) is 11.7 Å². The molecule has 3 heteroatoms. The Labute approximate surface area is 102 Å². The van der Waals surface area contributed by atoms with E-state index in [-0.39, 0.29) is 0 Å². The Morgan fingerprint density at radius 1 is 1.00 bits per heavy atom. The monoisotopic (exact) mass is 245 g/mol. The average molecular weight is 245 g/mol. The Morgan fingerprint density at radius 2 is 1.81 bits per heavy atom. The summed E-state index contributed by atoms with van der Waals surface area (Å²) in [5, 5.41) is 2.55. The number of hydrogen-bond donors (Lipinski definition) is 2. The SMILES string of the molecule is S[SH]1N=CC=C1c1cccc2ccccc12. The van der Waals surface area contributed by atoms with Gasteiger partial charge >= 0.3 is 0 Å². The molecular weight excluding hydrogens is 234 g/mol. The Bertz CT molecular complexity index is 596. The molecule has 0 aliphatic carbocycles. The highest BCUT2D eigenvalue weighted by Crippen LogP contribution is 2.50. The fourth-order valence-corrected chi connectivity index (χ4v) is 3.57. The van der Waals surface area contributed by atoms with Crippen LogP contribution >= 0.6 is 21.8 Å². The zero-order valence-corrected chi connectivity index (χ0v) is 10.3. The first-order valence-corrected chi connectivity index (χ1v) is 7.52. The quantitative estimate of drug-likeness (QED) is 0.556. The maximum atomic E-state index is 4.52. The molecule has 0 aromatic heterocycles. The maximum absolute atomic E-state index is 4.52. The van der Waals surface area contributed by atoms with Gasteiger partial charge in [-0.05, 0) is 22.4 Å². The molecule has 0 amide bonds. The van der Waals surface area contributed by atoms with E-state index >= 15 is 0 Å². The predicted molar refractivity (Wildman–Crippen MR) is 78.4 cm³/mol. The molecule has 1 heterocycles. The van der Waals surface area contributed by atoms with Gasteiger partial charge in [-0.3, -0.25) is 0 Å². The maximum Gasteiger partial charge on any atom is 0.0354 e. The summed E-state index contributed by atoms with van der Waals surface area (Å²) < 4.78 is 4.31. The Hall–Kier alpha value is -1.19. The van der Waals surface area contributed by atoms with Crippen molar-refractivity contribution in [3.63, 3.8) is 0 Å². The Balaban J connectivity index is 2.25. The molecule has 16 heavy (non-hydrogen) atoms. The van der Waals surface area contributed by atoms with E-state index < -0.39 is 10.1 Å². The van der Waals surface area contributed by atoms with Crippen molar-refractivity contribution in [2.75, 3.05) is 0 Å². The highest BCUT2D eigenvalue weighted by atomic mass is 33.1. The number of benzene rings is 2. The highest BCUT2D eigenvalue weighted by Gasteiger charge is 2.12. The van der Waals surface area contributed by atoms with E-state index in [1.165, 1.54) is 21.2 Å².